The van der Waals surface area contributed by atoms with E-state index in [0.717, 1.165) is 24.1 Å². The van der Waals surface area contributed by atoms with Crippen molar-refractivity contribution in [3.8, 4) is 5.69 Å². The summed E-state index contributed by atoms with van der Waals surface area (Å²) in [7, 11) is 0. The van der Waals surface area contributed by atoms with Crippen molar-refractivity contribution in [2.45, 2.75) is 32.4 Å². The van der Waals surface area contributed by atoms with Gasteiger partial charge in [0.1, 0.15) is 18.3 Å². The van der Waals surface area contributed by atoms with E-state index in [9.17, 15) is 9.59 Å². The third-order valence-electron chi connectivity index (χ3n) is 4.98. The number of hydrogen-bond acceptors (Lipinski definition) is 4. The number of fused-ring (bicyclic) bond motifs is 1. The van der Waals surface area contributed by atoms with Gasteiger partial charge in [0.05, 0.1) is 17.9 Å². The molecule has 0 bridgehead atoms. The SMILES string of the molecule is CCC[C@@H](NC(=O)Cn1cnc2c(cnn2-c2ccccc2)c1=O)c1ccccc1. The van der Waals surface area contributed by atoms with E-state index in [0.29, 0.717) is 11.0 Å². The van der Waals surface area contributed by atoms with Crippen molar-refractivity contribution >= 4 is 16.9 Å². The second-order valence-corrected chi connectivity index (χ2v) is 7.13. The van der Waals surface area contributed by atoms with Crippen LogP contribution >= 0.6 is 0 Å². The van der Waals surface area contributed by atoms with E-state index >= 15 is 0 Å². The van der Waals surface area contributed by atoms with Gasteiger partial charge in [-0.25, -0.2) is 9.67 Å². The maximum absolute atomic E-state index is 12.9. The first-order chi connectivity index (χ1) is 14.7. The molecule has 0 aliphatic carbocycles. The van der Waals surface area contributed by atoms with Crippen LogP contribution in [0.4, 0.5) is 0 Å². The van der Waals surface area contributed by atoms with Gasteiger partial charge in [-0.05, 0) is 24.1 Å². The fourth-order valence-corrected chi connectivity index (χ4v) is 3.51. The van der Waals surface area contributed by atoms with Crippen molar-refractivity contribution in [1.82, 2.24) is 24.6 Å². The van der Waals surface area contributed by atoms with Gasteiger partial charge < -0.3 is 5.32 Å². The summed E-state index contributed by atoms with van der Waals surface area (Å²) in [6, 6.07) is 19.3. The number of aromatic nitrogens is 4. The molecule has 4 aromatic rings. The highest BCUT2D eigenvalue weighted by Gasteiger charge is 2.16. The minimum absolute atomic E-state index is 0.0862. The first-order valence-corrected chi connectivity index (χ1v) is 10.00. The van der Waals surface area contributed by atoms with Gasteiger partial charge in [0.25, 0.3) is 5.56 Å². The predicted molar refractivity (Wildman–Crippen MR) is 115 cm³/mol. The van der Waals surface area contributed by atoms with Gasteiger partial charge in [0, 0.05) is 0 Å². The van der Waals surface area contributed by atoms with Crippen molar-refractivity contribution in [1.29, 1.82) is 0 Å². The number of benzene rings is 2. The zero-order chi connectivity index (χ0) is 20.9. The Labute approximate surface area is 174 Å². The number of para-hydroxylation sites is 1. The summed E-state index contributed by atoms with van der Waals surface area (Å²) in [5.74, 6) is -0.226. The van der Waals surface area contributed by atoms with Gasteiger partial charge in [-0.3, -0.25) is 14.2 Å². The van der Waals surface area contributed by atoms with Crippen LogP contribution in [0.2, 0.25) is 0 Å². The molecule has 1 amide bonds. The average molecular weight is 401 g/mol. The lowest BCUT2D eigenvalue weighted by Gasteiger charge is -2.19. The molecule has 0 aliphatic heterocycles. The molecule has 0 aliphatic rings. The Morgan fingerprint density at radius 1 is 1.07 bits per heavy atom. The molecule has 2 aromatic carbocycles. The number of rotatable bonds is 7. The third-order valence-corrected chi connectivity index (χ3v) is 4.98. The van der Waals surface area contributed by atoms with E-state index in [1.54, 1.807) is 4.68 Å². The Kier molecular flexibility index (Phi) is 5.70. The molecule has 0 spiro atoms. The zero-order valence-corrected chi connectivity index (χ0v) is 16.7. The van der Waals surface area contributed by atoms with Crippen molar-refractivity contribution < 1.29 is 4.79 Å². The Morgan fingerprint density at radius 3 is 2.47 bits per heavy atom. The Morgan fingerprint density at radius 2 is 1.77 bits per heavy atom. The number of amides is 1. The normalized spacial score (nSPS) is 12.0. The standard InChI is InChI=1S/C23H23N5O2/c1-2-9-20(17-10-5-3-6-11-17)26-21(29)15-27-16-24-22-19(23(27)30)14-25-28(22)18-12-7-4-8-13-18/h3-8,10-14,16,20H,2,9,15H2,1H3,(H,26,29)/t20-/m1/s1. The van der Waals surface area contributed by atoms with E-state index in [1.165, 1.54) is 17.1 Å². The Hall–Kier alpha value is -3.74. The minimum Gasteiger partial charge on any atom is -0.348 e. The number of carbonyl (C=O) groups excluding carboxylic acids is 1. The van der Waals surface area contributed by atoms with Gasteiger partial charge in [-0.1, -0.05) is 61.9 Å². The highest BCUT2D eigenvalue weighted by atomic mass is 16.2. The second-order valence-electron chi connectivity index (χ2n) is 7.13. The molecule has 152 valence electrons. The monoisotopic (exact) mass is 401 g/mol. The van der Waals surface area contributed by atoms with Crippen molar-refractivity contribution in [2.75, 3.05) is 0 Å². The molecule has 0 saturated carbocycles. The molecular weight excluding hydrogens is 378 g/mol. The summed E-state index contributed by atoms with van der Waals surface area (Å²) >= 11 is 0. The zero-order valence-electron chi connectivity index (χ0n) is 16.7. The first kappa shape index (κ1) is 19.6. The third kappa shape index (κ3) is 4.00. The topological polar surface area (TPSA) is 81.8 Å². The summed E-state index contributed by atoms with van der Waals surface area (Å²) in [6.07, 6.45) is 4.66. The molecule has 1 N–H and O–H groups in total. The summed E-state index contributed by atoms with van der Waals surface area (Å²) in [5.41, 5.74) is 2.05. The highest BCUT2D eigenvalue weighted by molar-refractivity contribution is 5.78. The lowest BCUT2D eigenvalue weighted by molar-refractivity contribution is -0.122. The average Bonchev–Trinajstić information content (AvgIpc) is 3.21. The molecule has 7 heteroatoms. The highest BCUT2D eigenvalue weighted by Crippen LogP contribution is 2.18. The van der Waals surface area contributed by atoms with Crippen molar-refractivity contribution in [2.24, 2.45) is 0 Å². The fourth-order valence-electron chi connectivity index (χ4n) is 3.51. The molecule has 0 radical (unpaired) electrons. The molecular formula is C23H23N5O2. The van der Waals surface area contributed by atoms with Gasteiger partial charge in [0.2, 0.25) is 5.91 Å². The molecule has 4 rings (SSSR count). The summed E-state index contributed by atoms with van der Waals surface area (Å²) in [6.45, 7) is 1.99. The van der Waals surface area contributed by atoms with Crippen LogP contribution in [-0.4, -0.2) is 25.2 Å². The number of carbonyl (C=O) groups is 1. The Balaban J connectivity index is 1.56. The van der Waals surface area contributed by atoms with E-state index in [1.807, 2.05) is 60.7 Å². The van der Waals surface area contributed by atoms with Crippen LogP contribution < -0.4 is 10.9 Å². The quantitative estimate of drug-likeness (QED) is 0.515. The van der Waals surface area contributed by atoms with Gasteiger partial charge in [-0.2, -0.15) is 5.10 Å². The van der Waals surface area contributed by atoms with E-state index < -0.39 is 0 Å². The number of hydrogen-bond donors (Lipinski definition) is 1. The van der Waals surface area contributed by atoms with Crippen LogP contribution in [0.1, 0.15) is 31.4 Å². The first-order valence-electron chi connectivity index (χ1n) is 10.00. The maximum atomic E-state index is 12.9. The van der Waals surface area contributed by atoms with Crippen molar-refractivity contribution in [3.63, 3.8) is 0 Å². The van der Waals surface area contributed by atoms with Crippen LogP contribution in [0.5, 0.6) is 0 Å². The van der Waals surface area contributed by atoms with Crippen LogP contribution in [0.15, 0.2) is 78.0 Å². The van der Waals surface area contributed by atoms with E-state index in [-0.39, 0.29) is 24.1 Å². The van der Waals surface area contributed by atoms with Crippen LogP contribution in [-0.2, 0) is 11.3 Å². The molecule has 1 atom stereocenters. The molecule has 0 fully saturated rings. The van der Waals surface area contributed by atoms with Gasteiger partial charge >= 0.3 is 0 Å². The maximum Gasteiger partial charge on any atom is 0.264 e. The summed E-state index contributed by atoms with van der Waals surface area (Å²) in [5, 5.41) is 7.72. The molecule has 2 aromatic heterocycles. The lowest BCUT2D eigenvalue weighted by Crippen LogP contribution is -2.34. The predicted octanol–water partition coefficient (Wildman–Crippen LogP) is 3.24. The van der Waals surface area contributed by atoms with E-state index in [4.69, 9.17) is 0 Å². The molecule has 0 saturated heterocycles. The van der Waals surface area contributed by atoms with Crippen molar-refractivity contribution in [3.05, 3.63) is 89.1 Å². The summed E-state index contributed by atoms with van der Waals surface area (Å²) < 4.78 is 2.94. The molecule has 0 unspecified atom stereocenters. The second kappa shape index (κ2) is 8.73. The number of nitrogens with zero attached hydrogens (tertiary/aromatic N) is 4. The van der Waals surface area contributed by atoms with Crippen LogP contribution in [0.3, 0.4) is 0 Å². The molecule has 30 heavy (non-hydrogen) atoms. The number of nitrogens with one attached hydrogen (secondary N) is 1. The van der Waals surface area contributed by atoms with Gasteiger partial charge in [-0.15, -0.1) is 0 Å². The van der Waals surface area contributed by atoms with Crippen LogP contribution in [0.25, 0.3) is 16.7 Å². The minimum atomic E-state index is -0.288. The molecule has 7 nitrogen and oxygen atoms in total. The Bertz CT molecular complexity index is 1200. The smallest absolute Gasteiger partial charge is 0.264 e. The lowest BCUT2D eigenvalue weighted by atomic mass is 10.0. The van der Waals surface area contributed by atoms with Gasteiger partial charge in [0.15, 0.2) is 5.65 Å². The largest absolute Gasteiger partial charge is 0.348 e. The van der Waals surface area contributed by atoms with E-state index in [2.05, 4.69) is 22.3 Å². The molecule has 2 heterocycles. The van der Waals surface area contributed by atoms with Crippen LogP contribution in [0, 0.1) is 0 Å². The fraction of sp³-hybridized carbons (Fsp3) is 0.217. The summed E-state index contributed by atoms with van der Waals surface area (Å²) in [4.78, 5) is 29.9.